The van der Waals surface area contributed by atoms with Crippen LogP contribution in [0.1, 0.15) is 29.5 Å². The van der Waals surface area contributed by atoms with Gasteiger partial charge in [-0.15, -0.1) is 0 Å². The predicted octanol–water partition coefficient (Wildman–Crippen LogP) is 5.69. The van der Waals surface area contributed by atoms with Crippen LogP contribution in [0.2, 0.25) is 5.02 Å². The smallest absolute Gasteiger partial charge is 0.352 e. The average molecular weight is 773 g/mol. The van der Waals surface area contributed by atoms with Gasteiger partial charge in [0.1, 0.15) is 5.82 Å². The molecular formula is C37H28BrClFN5O6. The van der Waals surface area contributed by atoms with Gasteiger partial charge in [0.2, 0.25) is 0 Å². The number of amides is 2. The number of carbonyl (C=O) groups excluding carboxylic acids is 2. The summed E-state index contributed by atoms with van der Waals surface area (Å²) >= 11 is 9.79. The molecule has 2 fully saturated rings. The number of phenols is 1. The Labute approximate surface area is 302 Å². The summed E-state index contributed by atoms with van der Waals surface area (Å²) in [4.78, 5) is 58.1. The molecule has 1 saturated carbocycles. The highest BCUT2D eigenvalue weighted by atomic mass is 79.9. The lowest BCUT2D eigenvalue weighted by Crippen LogP contribution is -2.53. The quantitative estimate of drug-likeness (QED) is 0.168. The van der Waals surface area contributed by atoms with Gasteiger partial charge in [-0.3, -0.25) is 15.0 Å². The van der Waals surface area contributed by atoms with Crippen LogP contribution in [0.4, 0.5) is 10.1 Å². The summed E-state index contributed by atoms with van der Waals surface area (Å²) in [5, 5.41) is 12.2. The highest BCUT2D eigenvalue weighted by Crippen LogP contribution is 2.62. The number of aromatic hydroxyl groups is 1. The molecule has 258 valence electrons. The first kappa shape index (κ1) is 32.8. The number of nitrogens with zero attached hydrogens (tertiary/aromatic N) is 4. The highest BCUT2D eigenvalue weighted by molar-refractivity contribution is 9.10. The third kappa shape index (κ3) is 4.82. The van der Waals surface area contributed by atoms with E-state index in [2.05, 4.69) is 21.4 Å². The summed E-state index contributed by atoms with van der Waals surface area (Å²) in [6, 6.07) is 22.9. The summed E-state index contributed by atoms with van der Waals surface area (Å²) in [5.41, 5.74) is 2.46. The molecule has 4 unspecified atom stereocenters. The number of benzene rings is 4. The van der Waals surface area contributed by atoms with Crippen LogP contribution < -0.4 is 21.5 Å². The number of methoxy groups -OCH3 is 1. The molecule has 2 amide bonds. The van der Waals surface area contributed by atoms with Gasteiger partial charge in [0, 0.05) is 10.9 Å². The third-order valence-electron chi connectivity index (χ3n) is 10.1. The standard InChI is InChI=1S/C37H28BrClFN5O6/c1-51-30-18-20(17-28(38)32(30)46)31-26-15-16-42-35(49)43(25-5-3-2-4-6-25)36(50)45(42)29(26)19-27-33(47)44(41-24-13-11-23(40)12-14-24)34(48)37(27,31)21-7-9-22(39)10-8-21/h2-15,17-18,27,29,31,41,46H,16,19H2,1H3. The van der Waals surface area contributed by atoms with Gasteiger partial charge in [-0.25, -0.2) is 27.9 Å². The van der Waals surface area contributed by atoms with Gasteiger partial charge >= 0.3 is 11.4 Å². The van der Waals surface area contributed by atoms with E-state index in [0.717, 1.165) is 9.58 Å². The van der Waals surface area contributed by atoms with Gasteiger partial charge < -0.3 is 9.84 Å². The minimum Gasteiger partial charge on any atom is -0.503 e. The number of anilines is 1. The van der Waals surface area contributed by atoms with Crippen LogP contribution in [0, 0.1) is 11.7 Å². The maximum absolute atomic E-state index is 15.2. The Balaban J connectivity index is 1.40. The Kier molecular flexibility index (Phi) is 7.80. The van der Waals surface area contributed by atoms with Crippen molar-refractivity contribution >= 4 is 45.0 Å². The van der Waals surface area contributed by atoms with E-state index in [1.807, 2.05) is 6.08 Å². The number of imide groups is 1. The summed E-state index contributed by atoms with van der Waals surface area (Å²) in [6.07, 6.45) is 1.81. The fourth-order valence-corrected chi connectivity index (χ4v) is 8.59. The van der Waals surface area contributed by atoms with Crippen molar-refractivity contribution in [1.29, 1.82) is 0 Å². The Hall–Kier alpha value is -5.40. The first-order valence-corrected chi connectivity index (χ1v) is 17.2. The number of para-hydroxylation sites is 1. The lowest BCUT2D eigenvalue weighted by Gasteiger charge is -2.49. The molecule has 1 aliphatic carbocycles. The fraction of sp³-hybridized carbons (Fsp3) is 0.189. The van der Waals surface area contributed by atoms with Crippen LogP contribution in [0.5, 0.6) is 11.5 Å². The molecule has 11 nitrogen and oxygen atoms in total. The molecule has 0 radical (unpaired) electrons. The first-order chi connectivity index (χ1) is 24.6. The SMILES string of the molecule is COc1cc(C2C3=CCn4c(=O)n(-c5ccccc5)c(=O)n4C3CC3C(=O)N(Nc4ccc(F)cc4)C(=O)C32c2ccc(Cl)cc2)cc(Br)c1O. The van der Waals surface area contributed by atoms with Crippen LogP contribution >= 0.6 is 27.5 Å². The zero-order valence-corrected chi connectivity index (χ0v) is 29.1. The molecule has 2 aliphatic heterocycles. The van der Waals surface area contributed by atoms with E-state index >= 15 is 4.79 Å². The van der Waals surface area contributed by atoms with E-state index in [0.29, 0.717) is 33.1 Å². The van der Waals surface area contributed by atoms with Crippen molar-refractivity contribution in [2.75, 3.05) is 12.5 Å². The molecule has 0 bridgehead atoms. The molecule has 3 aliphatic rings. The van der Waals surface area contributed by atoms with Gasteiger partial charge in [0.15, 0.2) is 11.5 Å². The van der Waals surface area contributed by atoms with Gasteiger partial charge in [-0.2, -0.15) is 5.01 Å². The highest BCUT2D eigenvalue weighted by Gasteiger charge is 2.69. The van der Waals surface area contributed by atoms with Crippen LogP contribution in [-0.2, 0) is 21.5 Å². The summed E-state index contributed by atoms with van der Waals surface area (Å²) in [7, 11) is 1.40. The monoisotopic (exact) mass is 771 g/mol. The lowest BCUT2D eigenvalue weighted by atomic mass is 9.53. The molecule has 3 heterocycles. The predicted molar refractivity (Wildman–Crippen MR) is 190 cm³/mol. The maximum Gasteiger partial charge on any atom is 0.352 e. The molecule has 2 N–H and O–H groups in total. The number of hydrogen-bond donors (Lipinski definition) is 2. The Bertz CT molecular complexity index is 2390. The number of hydrazine groups is 1. The molecule has 1 saturated heterocycles. The van der Waals surface area contributed by atoms with Crippen LogP contribution in [-0.4, -0.2) is 43.0 Å². The molecule has 8 rings (SSSR count). The number of fused-ring (bicyclic) bond motifs is 4. The zero-order chi connectivity index (χ0) is 35.8. The topological polar surface area (TPSA) is 128 Å². The average Bonchev–Trinajstić information content (AvgIpc) is 3.51. The molecule has 4 aromatic carbocycles. The Morgan fingerprint density at radius 1 is 0.961 bits per heavy atom. The second-order valence-corrected chi connectivity index (χ2v) is 13.9. The molecule has 14 heteroatoms. The maximum atomic E-state index is 15.2. The van der Waals surface area contributed by atoms with E-state index in [1.54, 1.807) is 66.7 Å². The van der Waals surface area contributed by atoms with Gasteiger partial charge in [0.05, 0.1) is 46.9 Å². The van der Waals surface area contributed by atoms with Gasteiger partial charge in [-0.05, 0) is 99.7 Å². The number of carbonyl (C=O) groups is 2. The number of aromatic nitrogens is 3. The van der Waals surface area contributed by atoms with Gasteiger partial charge in [0.25, 0.3) is 11.8 Å². The van der Waals surface area contributed by atoms with Crippen molar-refractivity contribution in [2.24, 2.45) is 5.92 Å². The van der Waals surface area contributed by atoms with E-state index in [4.69, 9.17) is 16.3 Å². The first-order valence-electron chi connectivity index (χ1n) is 16.0. The largest absolute Gasteiger partial charge is 0.503 e. The van der Waals surface area contributed by atoms with Crippen molar-refractivity contribution in [3.8, 4) is 17.2 Å². The Morgan fingerprint density at radius 2 is 1.67 bits per heavy atom. The second-order valence-electron chi connectivity index (χ2n) is 12.6. The van der Waals surface area contributed by atoms with Gasteiger partial charge in [-0.1, -0.05) is 48.0 Å². The lowest BCUT2D eigenvalue weighted by molar-refractivity contribution is -0.138. The van der Waals surface area contributed by atoms with E-state index in [-0.39, 0.29) is 28.9 Å². The van der Waals surface area contributed by atoms with E-state index in [1.165, 1.54) is 40.7 Å². The minimum absolute atomic E-state index is 0.00761. The molecule has 5 aromatic rings. The van der Waals surface area contributed by atoms with Crippen molar-refractivity contribution in [3.05, 3.63) is 150 Å². The number of phenolic OH excluding ortho intramolecular Hbond substituents is 1. The molecule has 1 aromatic heterocycles. The molecule has 51 heavy (non-hydrogen) atoms. The van der Waals surface area contributed by atoms with Crippen molar-refractivity contribution in [1.82, 2.24) is 18.9 Å². The minimum atomic E-state index is -1.62. The number of hydrogen-bond acceptors (Lipinski definition) is 7. The second kappa shape index (κ2) is 12.1. The molecular weight excluding hydrogens is 745 g/mol. The van der Waals surface area contributed by atoms with Crippen molar-refractivity contribution in [3.63, 3.8) is 0 Å². The molecule has 0 spiro atoms. The third-order valence-corrected chi connectivity index (χ3v) is 11.0. The van der Waals surface area contributed by atoms with Crippen LogP contribution in [0.3, 0.4) is 0 Å². The zero-order valence-electron chi connectivity index (χ0n) is 26.8. The number of halogens is 3. The number of allylic oxidation sites excluding steroid dienone is 2. The van der Waals surface area contributed by atoms with E-state index < -0.39 is 52.3 Å². The summed E-state index contributed by atoms with van der Waals surface area (Å²) < 4.78 is 23.5. The van der Waals surface area contributed by atoms with Crippen LogP contribution in [0.25, 0.3) is 5.69 Å². The number of rotatable bonds is 6. The fourth-order valence-electron chi connectivity index (χ4n) is 8.01. The number of ether oxygens (including phenoxy) is 1. The van der Waals surface area contributed by atoms with Crippen molar-refractivity contribution < 1.29 is 23.8 Å². The molecule has 4 atom stereocenters. The van der Waals surface area contributed by atoms with Crippen molar-refractivity contribution in [2.45, 2.75) is 30.3 Å². The normalized spacial score (nSPS) is 22.2. The number of nitrogens with one attached hydrogen (secondary N) is 1. The van der Waals surface area contributed by atoms with Crippen LogP contribution in [0.15, 0.2) is 117 Å². The summed E-state index contributed by atoms with van der Waals surface area (Å²) in [5.74, 6) is -3.73. The van der Waals surface area contributed by atoms with E-state index in [9.17, 15) is 23.9 Å². The summed E-state index contributed by atoms with van der Waals surface area (Å²) in [6.45, 7) is 0.00761. The Morgan fingerprint density at radius 3 is 2.35 bits per heavy atom.